The van der Waals surface area contributed by atoms with Crippen LogP contribution < -0.4 is 15.4 Å². The highest BCUT2D eigenvalue weighted by Crippen LogP contribution is 2.21. The fourth-order valence-electron chi connectivity index (χ4n) is 1.45. The average Bonchev–Trinajstić information content (AvgIpc) is 2.41. The van der Waals surface area contributed by atoms with Crippen molar-refractivity contribution in [2.24, 2.45) is 0 Å². The predicted molar refractivity (Wildman–Crippen MR) is 71.9 cm³/mol. The molecule has 9 heteroatoms. The molecule has 1 rings (SSSR count). The summed E-state index contributed by atoms with van der Waals surface area (Å²) in [5.41, 5.74) is 0.260. The molecule has 22 heavy (non-hydrogen) atoms. The second-order valence-electron chi connectivity index (χ2n) is 4.31. The van der Waals surface area contributed by atoms with E-state index in [1.165, 1.54) is 24.3 Å². The maximum atomic E-state index is 12.0. The van der Waals surface area contributed by atoms with E-state index in [0.717, 1.165) is 0 Å². The van der Waals surface area contributed by atoms with Gasteiger partial charge in [-0.05, 0) is 18.6 Å². The average molecular weight is 320 g/mol. The van der Waals surface area contributed by atoms with E-state index < -0.39 is 24.8 Å². The van der Waals surface area contributed by atoms with E-state index in [2.05, 4.69) is 15.4 Å². The minimum absolute atomic E-state index is 0.0268. The summed E-state index contributed by atoms with van der Waals surface area (Å²) in [4.78, 5) is 21.8. The third kappa shape index (κ3) is 7.98. The number of carbonyl (C=O) groups is 2. The van der Waals surface area contributed by atoms with Crippen LogP contribution in [0.2, 0.25) is 0 Å². The van der Waals surface area contributed by atoms with Crippen molar-refractivity contribution in [2.45, 2.75) is 19.0 Å². The first kappa shape index (κ1) is 17.6. The molecule has 1 aromatic carbocycles. The standard InChI is InChI=1S/C13H15F3N2O4/c14-13(15,16)8-22-10-4-1-3-9(7-10)18-12(21)17-6-2-5-11(19)20/h1,3-4,7H,2,5-6,8H2,(H,19,20)(H2,17,18,21). The molecule has 0 aliphatic rings. The van der Waals surface area contributed by atoms with Crippen molar-refractivity contribution in [1.29, 1.82) is 0 Å². The van der Waals surface area contributed by atoms with Gasteiger partial charge in [0.15, 0.2) is 6.61 Å². The Balaban J connectivity index is 2.42. The fourth-order valence-corrected chi connectivity index (χ4v) is 1.45. The number of rotatable bonds is 7. The number of carboxylic acids is 1. The van der Waals surface area contributed by atoms with Crippen LogP contribution in [0.5, 0.6) is 5.75 Å². The molecule has 0 aliphatic heterocycles. The van der Waals surface area contributed by atoms with E-state index >= 15 is 0 Å². The van der Waals surface area contributed by atoms with Crippen molar-refractivity contribution in [3.63, 3.8) is 0 Å². The molecule has 0 heterocycles. The molecule has 122 valence electrons. The van der Waals surface area contributed by atoms with Crippen molar-refractivity contribution in [3.8, 4) is 5.75 Å². The molecule has 0 unspecified atom stereocenters. The lowest BCUT2D eigenvalue weighted by Crippen LogP contribution is -2.29. The number of aliphatic carboxylic acids is 1. The van der Waals surface area contributed by atoms with Crippen molar-refractivity contribution in [1.82, 2.24) is 5.32 Å². The molecule has 0 atom stereocenters. The minimum Gasteiger partial charge on any atom is -0.484 e. The summed E-state index contributed by atoms with van der Waals surface area (Å²) in [6.45, 7) is -1.25. The van der Waals surface area contributed by atoms with Crippen molar-refractivity contribution in [3.05, 3.63) is 24.3 Å². The molecule has 0 spiro atoms. The molecule has 0 saturated carbocycles. The Morgan fingerprint density at radius 3 is 2.64 bits per heavy atom. The smallest absolute Gasteiger partial charge is 0.422 e. The van der Waals surface area contributed by atoms with Gasteiger partial charge in [-0.25, -0.2) is 4.79 Å². The Kier molecular flexibility index (Phi) is 6.48. The number of alkyl halides is 3. The number of nitrogens with one attached hydrogen (secondary N) is 2. The van der Waals surface area contributed by atoms with Crippen LogP contribution in [0, 0.1) is 0 Å². The molecular weight excluding hydrogens is 305 g/mol. The van der Waals surface area contributed by atoms with Gasteiger partial charge in [0.1, 0.15) is 5.75 Å². The van der Waals surface area contributed by atoms with Crippen LogP contribution in [0.4, 0.5) is 23.7 Å². The Hall–Kier alpha value is -2.45. The van der Waals surface area contributed by atoms with Gasteiger partial charge in [-0.1, -0.05) is 6.07 Å². The predicted octanol–water partition coefficient (Wildman–Crippen LogP) is 2.61. The van der Waals surface area contributed by atoms with Crippen molar-refractivity contribution < 1.29 is 32.6 Å². The highest BCUT2D eigenvalue weighted by atomic mass is 19.4. The van der Waals surface area contributed by atoms with Crippen LogP contribution in [-0.2, 0) is 4.79 Å². The van der Waals surface area contributed by atoms with Crippen LogP contribution in [0.15, 0.2) is 24.3 Å². The quantitative estimate of drug-likeness (QED) is 0.674. The highest BCUT2D eigenvalue weighted by molar-refractivity contribution is 5.89. The maximum absolute atomic E-state index is 12.0. The minimum atomic E-state index is -4.44. The lowest BCUT2D eigenvalue weighted by atomic mass is 10.3. The van der Waals surface area contributed by atoms with Gasteiger partial charge >= 0.3 is 18.2 Å². The van der Waals surface area contributed by atoms with Gasteiger partial charge < -0.3 is 20.5 Å². The Labute approximate surface area is 124 Å². The van der Waals surface area contributed by atoms with Gasteiger partial charge in [0.2, 0.25) is 0 Å². The van der Waals surface area contributed by atoms with E-state index in [9.17, 15) is 22.8 Å². The van der Waals surface area contributed by atoms with Gasteiger partial charge in [0.05, 0.1) is 0 Å². The number of halogens is 3. The number of urea groups is 1. The van der Waals surface area contributed by atoms with E-state index in [4.69, 9.17) is 5.11 Å². The zero-order valence-electron chi connectivity index (χ0n) is 11.4. The van der Waals surface area contributed by atoms with E-state index in [-0.39, 0.29) is 30.8 Å². The number of hydrogen-bond acceptors (Lipinski definition) is 3. The largest absolute Gasteiger partial charge is 0.484 e. The van der Waals surface area contributed by atoms with E-state index in [0.29, 0.717) is 0 Å². The summed E-state index contributed by atoms with van der Waals surface area (Å²) in [6, 6.07) is 4.92. The van der Waals surface area contributed by atoms with E-state index in [1.807, 2.05) is 0 Å². The van der Waals surface area contributed by atoms with Crippen LogP contribution >= 0.6 is 0 Å². The first-order chi connectivity index (χ1) is 10.3. The summed E-state index contributed by atoms with van der Waals surface area (Å²) < 4.78 is 40.7. The SMILES string of the molecule is O=C(O)CCCNC(=O)Nc1cccc(OCC(F)(F)F)c1. The van der Waals surface area contributed by atoms with Crippen LogP contribution in [-0.4, -0.2) is 36.4 Å². The summed E-state index contributed by atoms with van der Waals surface area (Å²) in [5, 5.41) is 13.3. The molecule has 0 aromatic heterocycles. The number of carbonyl (C=O) groups excluding carboxylic acids is 1. The molecule has 1 aromatic rings. The molecule has 0 saturated heterocycles. The molecule has 6 nitrogen and oxygen atoms in total. The number of carboxylic acid groups (broad SMARTS) is 1. The maximum Gasteiger partial charge on any atom is 0.422 e. The molecule has 2 amide bonds. The lowest BCUT2D eigenvalue weighted by molar-refractivity contribution is -0.153. The van der Waals surface area contributed by atoms with Gasteiger partial charge in [-0.15, -0.1) is 0 Å². The second kappa shape index (κ2) is 8.11. The van der Waals surface area contributed by atoms with Crippen molar-refractivity contribution in [2.75, 3.05) is 18.5 Å². The first-order valence-electron chi connectivity index (χ1n) is 6.32. The zero-order chi connectivity index (χ0) is 16.6. The highest BCUT2D eigenvalue weighted by Gasteiger charge is 2.28. The van der Waals surface area contributed by atoms with Gasteiger partial charge in [-0.3, -0.25) is 4.79 Å². The molecular formula is C13H15F3N2O4. The van der Waals surface area contributed by atoms with E-state index in [1.54, 1.807) is 0 Å². The molecule has 3 N–H and O–H groups in total. The molecule has 0 radical (unpaired) electrons. The summed E-state index contributed by atoms with van der Waals surface area (Å²) in [6.07, 6.45) is -4.23. The zero-order valence-corrected chi connectivity index (χ0v) is 11.4. The lowest BCUT2D eigenvalue weighted by Gasteiger charge is -2.11. The first-order valence-corrected chi connectivity index (χ1v) is 6.32. The third-order valence-electron chi connectivity index (χ3n) is 2.35. The van der Waals surface area contributed by atoms with Gasteiger partial charge in [0.25, 0.3) is 0 Å². The molecule has 0 aliphatic carbocycles. The second-order valence-corrected chi connectivity index (χ2v) is 4.31. The Bertz CT molecular complexity index is 520. The number of ether oxygens (including phenoxy) is 1. The van der Waals surface area contributed by atoms with Crippen LogP contribution in [0.3, 0.4) is 0 Å². The Morgan fingerprint density at radius 1 is 1.27 bits per heavy atom. The van der Waals surface area contributed by atoms with Crippen molar-refractivity contribution >= 4 is 17.7 Å². The van der Waals surface area contributed by atoms with Gasteiger partial charge in [0, 0.05) is 24.7 Å². The third-order valence-corrected chi connectivity index (χ3v) is 2.35. The Morgan fingerprint density at radius 2 is 2.00 bits per heavy atom. The monoisotopic (exact) mass is 320 g/mol. The summed E-state index contributed by atoms with van der Waals surface area (Å²) in [7, 11) is 0. The number of benzene rings is 1. The van der Waals surface area contributed by atoms with Crippen LogP contribution in [0.25, 0.3) is 0 Å². The normalized spacial score (nSPS) is 10.9. The van der Waals surface area contributed by atoms with Gasteiger partial charge in [-0.2, -0.15) is 13.2 Å². The number of anilines is 1. The summed E-state index contributed by atoms with van der Waals surface area (Å²) in [5.74, 6) is -0.988. The van der Waals surface area contributed by atoms with Crippen LogP contribution in [0.1, 0.15) is 12.8 Å². The molecule has 0 fully saturated rings. The number of hydrogen-bond donors (Lipinski definition) is 3. The summed E-state index contributed by atoms with van der Waals surface area (Å²) >= 11 is 0. The topological polar surface area (TPSA) is 87.7 Å². The fraction of sp³-hybridized carbons (Fsp3) is 0.385. The molecule has 0 bridgehead atoms. The number of amides is 2.